The van der Waals surface area contributed by atoms with Gasteiger partial charge in [-0.25, -0.2) is 0 Å². The van der Waals surface area contributed by atoms with Crippen LogP contribution in [0, 0.1) is 0 Å². The minimum atomic E-state index is 0. The Kier molecular flexibility index (Phi) is 22100. The average molecular weight is 113 g/mol. The Morgan fingerprint density at radius 3 is 0.571 bits per heavy atom. The van der Waals surface area contributed by atoms with Gasteiger partial charge in [-0.15, -0.1) is 0 Å². The number of hydrogen-bond donors (Lipinski definition) is 4. The highest BCUT2D eigenvalue weighted by Gasteiger charge is 0.843. The minimum Gasteiger partial charge on any atom is -0.400 e. The van der Waals surface area contributed by atoms with Gasteiger partial charge in [0.05, 0.1) is 0 Å². The summed E-state index contributed by atoms with van der Waals surface area (Å²) >= 11 is 0. The molecular weight excluding hydrogens is 98.0 g/mol. The monoisotopic (exact) mass is 113 g/mol. The first kappa shape index (κ1) is 28.9. The first-order valence-corrected chi connectivity index (χ1v) is 1.34. The molecule has 0 amide bonds. The Morgan fingerprint density at radius 1 is 0.571 bits per heavy atom. The summed E-state index contributed by atoms with van der Waals surface area (Å²) in [6, 6.07) is 0. The molecule has 7 heavy (non-hydrogen) atoms. The van der Waals surface area contributed by atoms with Gasteiger partial charge in [-0.1, -0.05) is 0 Å². The van der Waals surface area contributed by atoms with Crippen molar-refractivity contribution in [1.29, 1.82) is 0 Å². The molecule has 0 radical (unpaired) electrons. The summed E-state index contributed by atoms with van der Waals surface area (Å²) < 4.78 is 0. The van der Waals surface area contributed by atoms with Crippen molar-refractivity contribution < 1.29 is 15.3 Å². The lowest BCUT2D eigenvalue weighted by molar-refractivity contribution is 0.399. The predicted octanol–water partition coefficient (Wildman–Crippen LogP) is -1.01. The fourth-order valence-electron chi connectivity index (χ4n) is 0. The van der Waals surface area contributed by atoms with Crippen LogP contribution in [0.3, 0.4) is 0 Å². The molecule has 0 spiro atoms. The summed E-state index contributed by atoms with van der Waals surface area (Å²) in [6.45, 7) is 0. The normalized spacial score (nSPS) is 2.57. The van der Waals surface area contributed by atoms with Crippen molar-refractivity contribution in [2.45, 2.75) is 0 Å². The highest BCUT2D eigenvalue weighted by molar-refractivity contribution is 3.18. The maximum Gasteiger partial charge on any atom is 0.0319 e. The standard InChI is InChI=1S/3CH4O.H3N/c3*1-2;/h3*2H,1H3;1H3. The van der Waals surface area contributed by atoms with Gasteiger partial charge in [0.2, 0.25) is 0 Å². The predicted molar refractivity (Wildman–Crippen MR) is 29.5 cm³/mol. The summed E-state index contributed by atoms with van der Waals surface area (Å²) in [5, 5.41) is 21.0. The van der Waals surface area contributed by atoms with Crippen molar-refractivity contribution in [3.05, 3.63) is 0 Å². The smallest absolute Gasteiger partial charge is 0.0319 e. The zero-order chi connectivity index (χ0) is 6.00. The van der Waals surface area contributed by atoms with E-state index in [1.54, 1.807) is 0 Å². The van der Waals surface area contributed by atoms with Crippen LogP contribution in [0.5, 0.6) is 0 Å². The van der Waals surface area contributed by atoms with Crippen LogP contribution in [0.15, 0.2) is 0 Å². The molecule has 0 saturated heterocycles. The van der Waals surface area contributed by atoms with E-state index >= 15 is 0 Å². The Balaban J connectivity index is -0.00000000900. The van der Waals surface area contributed by atoms with Crippen molar-refractivity contribution in [3.8, 4) is 0 Å². The second kappa shape index (κ2) is 5340. The molecule has 0 rings (SSSR count). The number of aliphatic hydroxyl groups is 3. The van der Waals surface area contributed by atoms with Crippen LogP contribution in [0.1, 0.15) is 0 Å². The van der Waals surface area contributed by atoms with Crippen LogP contribution in [-0.4, -0.2) is 36.6 Å². The molecule has 0 aromatic heterocycles. The molecule has 0 heterocycles. The van der Waals surface area contributed by atoms with E-state index in [2.05, 4.69) is 0 Å². The van der Waals surface area contributed by atoms with E-state index in [1.165, 1.54) is 0 Å². The van der Waals surface area contributed by atoms with E-state index in [9.17, 15) is 0 Å². The lowest BCUT2D eigenvalue weighted by atomic mass is 11.8. The molecule has 4 nitrogen and oxygen atoms in total. The molecule has 0 aromatic rings. The van der Waals surface area contributed by atoms with E-state index in [4.69, 9.17) is 15.3 Å². The van der Waals surface area contributed by atoms with Crippen molar-refractivity contribution in [3.63, 3.8) is 0 Å². The summed E-state index contributed by atoms with van der Waals surface area (Å²) in [6.07, 6.45) is 0. The first-order chi connectivity index (χ1) is 3.00. The Morgan fingerprint density at radius 2 is 0.571 bits per heavy atom. The second-order valence-corrected chi connectivity index (χ2v) is 0. The second-order valence-electron chi connectivity index (χ2n) is 0. The number of hydrogen-bond acceptors (Lipinski definition) is 4. The first-order valence-electron chi connectivity index (χ1n) is 1.34. The fraction of sp³-hybridized carbons (Fsp3) is 1.00. The van der Waals surface area contributed by atoms with Gasteiger partial charge in [-0.05, 0) is 0 Å². The van der Waals surface area contributed by atoms with Crippen molar-refractivity contribution in [1.82, 2.24) is 6.15 Å². The lowest BCUT2D eigenvalue weighted by Crippen LogP contribution is -1.25. The highest BCUT2D eigenvalue weighted by Crippen LogP contribution is 0.759. The molecule has 6 N–H and O–H groups in total. The quantitative estimate of drug-likeness (QED) is 0.323. The van der Waals surface area contributed by atoms with Crippen LogP contribution in [0.4, 0.5) is 0 Å². The van der Waals surface area contributed by atoms with Gasteiger partial charge in [0.25, 0.3) is 0 Å². The van der Waals surface area contributed by atoms with Gasteiger partial charge < -0.3 is 21.5 Å². The van der Waals surface area contributed by atoms with Gasteiger partial charge in [0.1, 0.15) is 0 Å². The molecule has 0 atom stereocenters. The third-order valence-corrected chi connectivity index (χ3v) is 0. The Hall–Kier alpha value is -0.160. The molecule has 0 aliphatic carbocycles. The van der Waals surface area contributed by atoms with E-state index < -0.39 is 0 Å². The number of aliphatic hydroxyl groups excluding tert-OH is 3. The Bertz CT molecular complexity index is 10.1. The van der Waals surface area contributed by atoms with E-state index in [0.29, 0.717) is 0 Å². The van der Waals surface area contributed by atoms with Crippen LogP contribution < -0.4 is 6.15 Å². The number of rotatable bonds is 0. The maximum atomic E-state index is 7.00. The van der Waals surface area contributed by atoms with Crippen LogP contribution in [-0.2, 0) is 0 Å². The summed E-state index contributed by atoms with van der Waals surface area (Å²) in [5.41, 5.74) is 0. The lowest BCUT2D eigenvalue weighted by Gasteiger charge is -1.21. The van der Waals surface area contributed by atoms with Crippen molar-refractivity contribution in [2.75, 3.05) is 21.3 Å². The van der Waals surface area contributed by atoms with E-state index in [1.807, 2.05) is 0 Å². The van der Waals surface area contributed by atoms with Crippen molar-refractivity contribution >= 4 is 0 Å². The third-order valence-electron chi connectivity index (χ3n) is 0. The van der Waals surface area contributed by atoms with Crippen molar-refractivity contribution in [2.24, 2.45) is 0 Å². The summed E-state index contributed by atoms with van der Waals surface area (Å²) in [7, 11) is 3.00. The van der Waals surface area contributed by atoms with Gasteiger partial charge >= 0.3 is 0 Å². The topological polar surface area (TPSA) is 95.7 Å². The molecular formula is C3H15NO3. The van der Waals surface area contributed by atoms with Gasteiger partial charge in [-0.3, -0.25) is 0 Å². The molecule has 4 heteroatoms. The molecule has 0 bridgehead atoms. The average Bonchev–Trinajstić information content (AvgIpc) is 1.81. The van der Waals surface area contributed by atoms with Crippen LogP contribution in [0.2, 0.25) is 0 Å². The third kappa shape index (κ3) is 3360. The molecule has 0 fully saturated rings. The van der Waals surface area contributed by atoms with E-state index in [-0.39, 0.29) is 6.15 Å². The zero-order valence-corrected chi connectivity index (χ0v) is 5.05. The maximum absolute atomic E-state index is 7.00. The molecule has 0 aromatic carbocycles. The van der Waals surface area contributed by atoms with E-state index in [0.717, 1.165) is 21.3 Å². The zero-order valence-electron chi connectivity index (χ0n) is 5.05. The summed E-state index contributed by atoms with van der Waals surface area (Å²) in [4.78, 5) is 0. The largest absolute Gasteiger partial charge is 0.400 e. The molecule has 0 unspecified atom stereocenters. The Labute approximate surface area is 44.0 Å². The highest BCUT2D eigenvalue weighted by atomic mass is 16.2. The summed E-state index contributed by atoms with van der Waals surface area (Å²) in [5.74, 6) is 0. The van der Waals surface area contributed by atoms with Gasteiger partial charge in [-0.2, -0.15) is 0 Å². The molecule has 0 saturated carbocycles. The SMILES string of the molecule is CO.CO.CO.N. The molecule has 50 valence electrons. The van der Waals surface area contributed by atoms with Gasteiger partial charge in [0.15, 0.2) is 0 Å². The minimum absolute atomic E-state index is 0. The van der Waals surface area contributed by atoms with Gasteiger partial charge in [0, 0.05) is 21.3 Å². The van der Waals surface area contributed by atoms with Crippen LogP contribution in [0.25, 0.3) is 0 Å². The molecule has 0 aliphatic rings. The van der Waals surface area contributed by atoms with Crippen LogP contribution >= 0.6 is 0 Å². The fourth-order valence-corrected chi connectivity index (χ4v) is 0. The molecule has 0 aliphatic heterocycles.